The predicted molar refractivity (Wildman–Crippen MR) is 114 cm³/mol. The zero-order chi connectivity index (χ0) is 20.0. The summed E-state index contributed by atoms with van der Waals surface area (Å²) in [6, 6.07) is 7.34. The number of nitrogens with zero attached hydrogens (tertiary/aromatic N) is 2. The van der Waals surface area contributed by atoms with Gasteiger partial charge < -0.3 is 15.1 Å². The number of benzene rings is 1. The molecule has 0 bridgehead atoms. The Morgan fingerprint density at radius 3 is 2.30 bits per heavy atom. The molecule has 0 aromatic heterocycles. The van der Waals surface area contributed by atoms with Gasteiger partial charge in [0.25, 0.3) is 0 Å². The maximum absolute atomic E-state index is 12.9. The van der Waals surface area contributed by atoms with Crippen LogP contribution >= 0.6 is 12.2 Å². The summed E-state index contributed by atoms with van der Waals surface area (Å²) < 4.78 is 27.4. The fourth-order valence-electron chi connectivity index (χ4n) is 3.02. The molecule has 0 unspecified atom stereocenters. The summed E-state index contributed by atoms with van der Waals surface area (Å²) >= 11 is 5.44. The van der Waals surface area contributed by atoms with Gasteiger partial charge in [0.2, 0.25) is 10.0 Å². The van der Waals surface area contributed by atoms with Gasteiger partial charge in [-0.1, -0.05) is 26.0 Å². The minimum Gasteiger partial charge on any atom is -0.357 e. The Hall–Kier alpha value is -1.22. The lowest BCUT2D eigenvalue weighted by molar-refractivity contribution is -0.856. The highest BCUT2D eigenvalue weighted by Crippen LogP contribution is 2.23. The van der Waals surface area contributed by atoms with Crippen molar-refractivity contribution < 1.29 is 13.3 Å². The fourth-order valence-corrected chi connectivity index (χ4v) is 4.72. The monoisotopic (exact) mass is 413 g/mol. The van der Waals surface area contributed by atoms with Crippen LogP contribution in [0.15, 0.2) is 29.2 Å². The van der Waals surface area contributed by atoms with Crippen LogP contribution in [0, 0.1) is 0 Å². The van der Waals surface area contributed by atoms with E-state index in [1.165, 1.54) is 10.5 Å². The molecule has 2 rings (SSSR count). The van der Waals surface area contributed by atoms with E-state index in [9.17, 15) is 8.42 Å². The molecule has 0 radical (unpaired) electrons. The van der Waals surface area contributed by atoms with E-state index < -0.39 is 10.0 Å². The Bertz CT molecular complexity index is 712. The first-order valence-electron chi connectivity index (χ1n) is 9.67. The molecule has 2 N–H and O–H groups in total. The number of piperazine rings is 1. The molecule has 1 atom stereocenters. The van der Waals surface area contributed by atoms with E-state index in [2.05, 4.69) is 38.2 Å². The van der Waals surface area contributed by atoms with Gasteiger partial charge in [-0.05, 0) is 42.3 Å². The predicted octanol–water partition coefficient (Wildman–Crippen LogP) is 0.525. The van der Waals surface area contributed by atoms with Crippen molar-refractivity contribution in [2.45, 2.75) is 31.1 Å². The molecule has 6 nitrogen and oxygen atoms in total. The molecule has 152 valence electrons. The SMILES string of the molecule is CC[C@H](C)c1ccc(S(=O)(=O)N2CCN(C(=S)NCC[NH+](C)C)CC2)cc1. The van der Waals surface area contributed by atoms with Crippen LogP contribution in [0.3, 0.4) is 0 Å². The van der Waals surface area contributed by atoms with Crippen molar-refractivity contribution in [3.8, 4) is 0 Å². The highest BCUT2D eigenvalue weighted by atomic mass is 32.2. The molecule has 1 aliphatic rings. The Kier molecular flexibility index (Phi) is 8.03. The summed E-state index contributed by atoms with van der Waals surface area (Å²) in [4.78, 5) is 3.79. The van der Waals surface area contributed by atoms with Crippen LogP contribution in [0.2, 0.25) is 0 Å². The zero-order valence-corrected chi connectivity index (χ0v) is 18.5. The lowest BCUT2D eigenvalue weighted by Crippen LogP contribution is -3.06. The molecule has 0 saturated carbocycles. The lowest BCUT2D eigenvalue weighted by atomic mass is 9.99. The molecular formula is C19H33N4O2S2+. The first-order valence-corrected chi connectivity index (χ1v) is 11.5. The largest absolute Gasteiger partial charge is 0.357 e. The second-order valence-corrected chi connectivity index (χ2v) is 9.78. The lowest BCUT2D eigenvalue weighted by Gasteiger charge is -2.35. The van der Waals surface area contributed by atoms with Gasteiger partial charge in [0, 0.05) is 26.2 Å². The molecule has 1 fully saturated rings. The van der Waals surface area contributed by atoms with Gasteiger partial charge in [0.15, 0.2) is 5.11 Å². The van der Waals surface area contributed by atoms with Crippen LogP contribution in [0.1, 0.15) is 31.7 Å². The third kappa shape index (κ3) is 5.88. The maximum Gasteiger partial charge on any atom is 0.243 e. The molecule has 1 aliphatic heterocycles. The molecule has 8 heteroatoms. The average molecular weight is 414 g/mol. The topological polar surface area (TPSA) is 57.1 Å². The van der Waals surface area contributed by atoms with Crippen LogP contribution in [0.4, 0.5) is 0 Å². The van der Waals surface area contributed by atoms with Crippen molar-refractivity contribution in [1.29, 1.82) is 0 Å². The number of rotatable bonds is 7. The van der Waals surface area contributed by atoms with E-state index in [1.54, 1.807) is 16.4 Å². The summed E-state index contributed by atoms with van der Waals surface area (Å²) in [5.41, 5.74) is 1.18. The second kappa shape index (κ2) is 9.82. The molecule has 0 aliphatic carbocycles. The van der Waals surface area contributed by atoms with Crippen molar-refractivity contribution in [1.82, 2.24) is 14.5 Å². The van der Waals surface area contributed by atoms with E-state index in [1.807, 2.05) is 12.1 Å². The van der Waals surface area contributed by atoms with Crippen LogP contribution < -0.4 is 10.2 Å². The van der Waals surface area contributed by atoms with E-state index in [4.69, 9.17) is 12.2 Å². The van der Waals surface area contributed by atoms with Crippen molar-refractivity contribution in [3.05, 3.63) is 29.8 Å². The summed E-state index contributed by atoms with van der Waals surface area (Å²) in [7, 11) is 0.753. The number of sulfonamides is 1. The normalized spacial score (nSPS) is 17.1. The molecular weight excluding hydrogens is 380 g/mol. The van der Waals surface area contributed by atoms with Gasteiger partial charge in [-0.3, -0.25) is 0 Å². The minimum atomic E-state index is -3.45. The van der Waals surface area contributed by atoms with Gasteiger partial charge in [0.05, 0.1) is 32.1 Å². The molecule has 0 spiro atoms. The van der Waals surface area contributed by atoms with Crippen molar-refractivity contribution in [3.63, 3.8) is 0 Å². The van der Waals surface area contributed by atoms with E-state index >= 15 is 0 Å². The maximum atomic E-state index is 12.9. The summed E-state index contributed by atoms with van der Waals surface area (Å²) in [6.07, 6.45) is 1.04. The number of nitrogens with one attached hydrogen (secondary N) is 2. The Morgan fingerprint density at radius 2 is 1.78 bits per heavy atom. The van der Waals surface area contributed by atoms with Crippen LogP contribution in [-0.4, -0.2) is 76.1 Å². The average Bonchev–Trinajstić information content (AvgIpc) is 2.67. The van der Waals surface area contributed by atoms with E-state index in [-0.39, 0.29) is 0 Å². The minimum absolute atomic E-state index is 0.373. The molecule has 1 aromatic carbocycles. The Morgan fingerprint density at radius 1 is 1.19 bits per heavy atom. The Labute approximate surface area is 169 Å². The number of likely N-dealkylation sites (N-methyl/N-ethyl adjacent to an activating group) is 1. The van der Waals surface area contributed by atoms with Gasteiger partial charge >= 0.3 is 0 Å². The smallest absolute Gasteiger partial charge is 0.243 e. The standard InChI is InChI=1S/C19H32N4O2S2/c1-5-16(2)17-6-8-18(9-7-17)27(24,25)23-14-12-22(13-15-23)19(26)20-10-11-21(3)4/h6-9,16H,5,10-15H2,1-4H3,(H,20,26)/p+1/t16-/m0/s1. The number of quaternary nitrogens is 1. The summed E-state index contributed by atoms with van der Waals surface area (Å²) in [5.74, 6) is 0.438. The third-order valence-electron chi connectivity index (χ3n) is 5.13. The molecule has 27 heavy (non-hydrogen) atoms. The van der Waals surface area contributed by atoms with Crippen LogP contribution in [-0.2, 0) is 10.0 Å². The van der Waals surface area contributed by atoms with Crippen molar-refractivity contribution in [2.75, 3.05) is 53.4 Å². The summed E-state index contributed by atoms with van der Waals surface area (Å²) in [6.45, 7) is 8.24. The van der Waals surface area contributed by atoms with Gasteiger partial charge in [-0.25, -0.2) is 8.42 Å². The zero-order valence-electron chi connectivity index (χ0n) is 16.9. The molecule has 0 amide bonds. The van der Waals surface area contributed by atoms with E-state index in [0.717, 1.165) is 19.5 Å². The third-order valence-corrected chi connectivity index (χ3v) is 7.44. The van der Waals surface area contributed by atoms with Gasteiger partial charge in [-0.2, -0.15) is 4.31 Å². The van der Waals surface area contributed by atoms with Gasteiger partial charge in [0.1, 0.15) is 0 Å². The first-order chi connectivity index (χ1) is 12.8. The molecule has 1 aromatic rings. The number of thiocarbonyl (C=S) groups is 1. The number of hydrogen-bond acceptors (Lipinski definition) is 3. The number of hydrogen-bond donors (Lipinski definition) is 2. The van der Waals surface area contributed by atoms with E-state index in [0.29, 0.717) is 42.1 Å². The van der Waals surface area contributed by atoms with Gasteiger partial charge in [-0.15, -0.1) is 0 Å². The summed E-state index contributed by atoms with van der Waals surface area (Å²) in [5, 5.41) is 3.97. The van der Waals surface area contributed by atoms with Crippen LogP contribution in [0.25, 0.3) is 0 Å². The van der Waals surface area contributed by atoms with Crippen molar-refractivity contribution >= 4 is 27.4 Å². The molecule has 1 saturated heterocycles. The first kappa shape index (κ1) is 22.1. The Balaban J connectivity index is 1.93. The fraction of sp³-hybridized carbons (Fsp3) is 0.632. The highest BCUT2D eigenvalue weighted by molar-refractivity contribution is 7.89. The second-order valence-electron chi connectivity index (χ2n) is 7.46. The highest BCUT2D eigenvalue weighted by Gasteiger charge is 2.29. The quantitative estimate of drug-likeness (QED) is 0.639. The molecule has 1 heterocycles. The van der Waals surface area contributed by atoms with Crippen molar-refractivity contribution in [2.24, 2.45) is 0 Å². The van der Waals surface area contributed by atoms with Crippen LogP contribution in [0.5, 0.6) is 0 Å².